The van der Waals surface area contributed by atoms with Gasteiger partial charge in [0.05, 0.1) is 0 Å². The lowest BCUT2D eigenvalue weighted by molar-refractivity contribution is -0.140. The molecule has 4 atom stereocenters. The molecule has 27 heavy (non-hydrogen) atoms. The van der Waals surface area contributed by atoms with Crippen LogP contribution >= 0.6 is 0 Å². The van der Waals surface area contributed by atoms with Gasteiger partial charge in [-0.05, 0) is 42.2 Å². The molecule has 0 N–H and O–H groups in total. The lowest BCUT2D eigenvalue weighted by Gasteiger charge is -2.32. The molecule has 0 aromatic heterocycles. The number of aliphatic imine (C=N–C) groups is 1. The molecule has 0 saturated heterocycles. The van der Waals surface area contributed by atoms with Crippen molar-refractivity contribution in [2.75, 3.05) is 6.79 Å². The van der Waals surface area contributed by atoms with Crippen molar-refractivity contribution in [3.05, 3.63) is 71.8 Å². The van der Waals surface area contributed by atoms with Crippen molar-refractivity contribution in [2.45, 2.75) is 17.9 Å². The van der Waals surface area contributed by atoms with Crippen LogP contribution in [0.2, 0.25) is 0 Å². The largest absolute Gasteiger partial charge is 0.454 e. The molecule has 2 heterocycles. The summed E-state index contributed by atoms with van der Waals surface area (Å²) in [6.07, 6.45) is 5.26. The van der Waals surface area contributed by atoms with Gasteiger partial charge in [0.2, 0.25) is 12.7 Å². The van der Waals surface area contributed by atoms with Crippen LogP contribution in [0.15, 0.2) is 65.7 Å². The highest BCUT2D eigenvalue weighted by Gasteiger charge is 2.65. The number of carbonyl (C=O) groups is 1. The Morgan fingerprint density at radius 1 is 1.00 bits per heavy atom. The van der Waals surface area contributed by atoms with Gasteiger partial charge < -0.3 is 14.2 Å². The minimum Gasteiger partial charge on any atom is -0.454 e. The van der Waals surface area contributed by atoms with E-state index in [9.17, 15) is 4.79 Å². The van der Waals surface area contributed by atoms with Crippen molar-refractivity contribution >= 4 is 11.9 Å². The Kier molecular flexibility index (Phi) is 2.91. The molecule has 0 amide bonds. The molecular weight excluding hydrogens is 342 g/mol. The summed E-state index contributed by atoms with van der Waals surface area (Å²) in [5.74, 6) is 1.92. The van der Waals surface area contributed by atoms with Crippen molar-refractivity contribution in [1.29, 1.82) is 0 Å². The van der Waals surface area contributed by atoms with Crippen molar-refractivity contribution in [1.82, 2.24) is 0 Å². The SMILES string of the molecule is O=C1OC(c2ccccc2)=N[C@@]12[C@@H]1C=C[C@@H](C1)[C@@H]2c1ccc2c(c1)OCO2. The molecule has 1 saturated carbocycles. The van der Waals surface area contributed by atoms with Crippen LogP contribution in [0.3, 0.4) is 0 Å². The van der Waals surface area contributed by atoms with E-state index in [0.717, 1.165) is 29.0 Å². The predicted octanol–water partition coefficient (Wildman–Crippen LogP) is 3.45. The summed E-state index contributed by atoms with van der Waals surface area (Å²) in [6.45, 7) is 0.235. The lowest BCUT2D eigenvalue weighted by atomic mass is 9.73. The van der Waals surface area contributed by atoms with Gasteiger partial charge in [-0.2, -0.15) is 0 Å². The number of allylic oxidation sites excluding steroid dienone is 1. The standard InChI is InChI=1S/C22H17NO4/c24-21-22(23-20(27-21)13-4-2-1-3-5-13)16-8-6-14(10-16)19(22)15-7-9-17-18(11-15)26-12-25-17/h1-9,11,14,16,19H,10,12H2/t14-,16+,19+,22+/m0/s1. The molecule has 2 bridgehead atoms. The number of benzene rings is 2. The molecule has 2 aromatic carbocycles. The van der Waals surface area contributed by atoms with Gasteiger partial charge in [0.15, 0.2) is 17.0 Å². The third kappa shape index (κ3) is 1.94. The van der Waals surface area contributed by atoms with E-state index >= 15 is 0 Å². The molecule has 4 aliphatic rings. The van der Waals surface area contributed by atoms with Gasteiger partial charge in [0.1, 0.15) is 0 Å². The minimum absolute atomic E-state index is 0.0595. The predicted molar refractivity (Wildman–Crippen MR) is 97.8 cm³/mol. The molecule has 2 aliphatic heterocycles. The zero-order valence-corrected chi connectivity index (χ0v) is 14.5. The molecular formula is C22H17NO4. The number of carbonyl (C=O) groups excluding carboxylic acids is 1. The van der Waals surface area contributed by atoms with Crippen LogP contribution in [0.5, 0.6) is 11.5 Å². The van der Waals surface area contributed by atoms with Crippen molar-refractivity contribution in [3.8, 4) is 11.5 Å². The summed E-state index contributed by atoms with van der Waals surface area (Å²) in [4.78, 5) is 18.1. The maximum Gasteiger partial charge on any atom is 0.342 e. The summed E-state index contributed by atoms with van der Waals surface area (Å²) < 4.78 is 16.7. The number of hydrogen-bond acceptors (Lipinski definition) is 5. The average Bonchev–Trinajstić information content (AvgIpc) is 3.46. The second-order valence-corrected chi connectivity index (χ2v) is 7.48. The van der Waals surface area contributed by atoms with Gasteiger partial charge in [-0.15, -0.1) is 0 Å². The number of rotatable bonds is 2. The van der Waals surface area contributed by atoms with E-state index in [2.05, 4.69) is 12.2 Å². The molecule has 2 aromatic rings. The minimum atomic E-state index is -0.891. The first kappa shape index (κ1) is 15.0. The highest BCUT2D eigenvalue weighted by atomic mass is 16.7. The first-order valence-corrected chi connectivity index (χ1v) is 9.21. The van der Waals surface area contributed by atoms with Gasteiger partial charge in [0.25, 0.3) is 0 Å². The Hall–Kier alpha value is -3.08. The number of cyclic esters (lactones) is 1. The highest BCUT2D eigenvalue weighted by Crippen LogP contribution is 2.60. The smallest absolute Gasteiger partial charge is 0.342 e. The van der Waals surface area contributed by atoms with Crippen molar-refractivity contribution in [2.24, 2.45) is 16.8 Å². The first-order valence-electron chi connectivity index (χ1n) is 9.21. The van der Waals surface area contributed by atoms with Crippen LogP contribution in [0.4, 0.5) is 0 Å². The molecule has 5 heteroatoms. The number of esters is 1. The molecule has 0 radical (unpaired) electrons. The van der Waals surface area contributed by atoms with Gasteiger partial charge in [-0.25, -0.2) is 9.79 Å². The zero-order chi connectivity index (χ0) is 18.0. The summed E-state index contributed by atoms with van der Waals surface area (Å²) >= 11 is 0. The molecule has 1 fully saturated rings. The van der Waals surface area contributed by atoms with Crippen LogP contribution in [0.25, 0.3) is 0 Å². The van der Waals surface area contributed by atoms with Gasteiger partial charge in [0, 0.05) is 17.4 Å². The molecule has 1 spiro atoms. The summed E-state index contributed by atoms with van der Waals surface area (Å²) in [5.41, 5.74) is 0.989. The third-order valence-corrected chi connectivity index (χ3v) is 6.16. The first-order chi connectivity index (χ1) is 13.3. The Labute approximate surface area is 156 Å². The van der Waals surface area contributed by atoms with E-state index in [4.69, 9.17) is 19.2 Å². The van der Waals surface area contributed by atoms with E-state index in [1.54, 1.807) is 0 Å². The number of fused-ring (bicyclic) bond motifs is 4. The van der Waals surface area contributed by atoms with Gasteiger partial charge in [-0.1, -0.05) is 36.4 Å². The van der Waals surface area contributed by atoms with Crippen LogP contribution in [-0.4, -0.2) is 24.2 Å². The fraction of sp³-hybridized carbons (Fsp3) is 0.273. The number of hydrogen-bond donors (Lipinski definition) is 0. The second-order valence-electron chi connectivity index (χ2n) is 7.48. The van der Waals surface area contributed by atoms with Crippen molar-refractivity contribution in [3.63, 3.8) is 0 Å². The topological polar surface area (TPSA) is 57.1 Å². The molecule has 134 valence electrons. The Morgan fingerprint density at radius 3 is 2.74 bits per heavy atom. The lowest BCUT2D eigenvalue weighted by Crippen LogP contribution is -2.44. The maximum absolute atomic E-state index is 13.2. The average molecular weight is 359 g/mol. The van der Waals surface area contributed by atoms with E-state index < -0.39 is 5.54 Å². The molecule has 0 unspecified atom stereocenters. The summed E-state index contributed by atoms with van der Waals surface area (Å²) in [5, 5.41) is 0. The summed E-state index contributed by atoms with van der Waals surface area (Å²) in [7, 11) is 0. The monoisotopic (exact) mass is 359 g/mol. The van der Waals surface area contributed by atoms with Gasteiger partial charge in [-0.3, -0.25) is 0 Å². The van der Waals surface area contributed by atoms with Gasteiger partial charge >= 0.3 is 5.97 Å². The quantitative estimate of drug-likeness (QED) is 0.609. The van der Waals surface area contributed by atoms with E-state index in [1.807, 2.05) is 48.5 Å². The Bertz CT molecular complexity index is 1010. The zero-order valence-electron chi connectivity index (χ0n) is 14.5. The summed E-state index contributed by atoms with van der Waals surface area (Å²) in [6, 6.07) is 15.6. The molecule has 5 nitrogen and oxygen atoms in total. The molecule has 6 rings (SSSR count). The van der Waals surface area contributed by atoms with Crippen LogP contribution in [0, 0.1) is 11.8 Å². The van der Waals surface area contributed by atoms with Crippen molar-refractivity contribution < 1.29 is 19.0 Å². The normalized spacial score (nSPS) is 32.2. The second kappa shape index (κ2) is 5.22. The van der Waals surface area contributed by atoms with E-state index in [0.29, 0.717) is 5.90 Å². The number of nitrogens with zero attached hydrogens (tertiary/aromatic N) is 1. The fourth-order valence-electron chi connectivity index (χ4n) is 5.01. The third-order valence-electron chi connectivity index (χ3n) is 6.16. The maximum atomic E-state index is 13.2. The van der Waals surface area contributed by atoms with E-state index in [1.165, 1.54) is 0 Å². The Morgan fingerprint density at radius 2 is 1.85 bits per heavy atom. The fourth-order valence-corrected chi connectivity index (χ4v) is 5.01. The molecule has 2 aliphatic carbocycles. The van der Waals surface area contributed by atoms with Crippen LogP contribution < -0.4 is 9.47 Å². The van der Waals surface area contributed by atoms with E-state index in [-0.39, 0.29) is 30.5 Å². The van der Waals surface area contributed by atoms with Crippen LogP contribution in [0.1, 0.15) is 23.5 Å². The number of ether oxygens (including phenoxy) is 3. The highest BCUT2D eigenvalue weighted by molar-refractivity contribution is 6.09. The van der Waals surface area contributed by atoms with Crippen LogP contribution in [-0.2, 0) is 9.53 Å². The Balaban J connectivity index is 1.49.